The van der Waals surface area contributed by atoms with Crippen molar-refractivity contribution in [3.8, 4) is 0 Å². The first kappa shape index (κ1) is 33.3. The van der Waals surface area contributed by atoms with Crippen LogP contribution in [0.1, 0.15) is 41.5 Å². The lowest BCUT2D eigenvalue weighted by Gasteiger charge is -2.18. The molecule has 2 saturated heterocycles. The number of hydrogen-bond acceptors (Lipinski definition) is 14. The number of halogens is 2. The Labute approximate surface area is 228 Å². The normalized spacial score (nSPS) is 29.7. The van der Waals surface area contributed by atoms with Gasteiger partial charge in [-0.05, 0) is 0 Å². The van der Waals surface area contributed by atoms with Gasteiger partial charge in [0.05, 0.1) is 0 Å². The van der Waals surface area contributed by atoms with E-state index in [4.69, 9.17) is 61.1 Å². The Kier molecular flexibility index (Phi) is 13.7. The number of carbonyl (C=O) groups excluding carboxylic acids is 6. The van der Waals surface area contributed by atoms with Crippen molar-refractivity contribution in [3.63, 3.8) is 0 Å². The number of hydrogen-bond donors (Lipinski definition) is 0. The molecule has 0 aromatic rings. The van der Waals surface area contributed by atoms with Gasteiger partial charge in [0, 0.05) is 41.5 Å². The fourth-order valence-corrected chi connectivity index (χ4v) is 3.86. The van der Waals surface area contributed by atoms with Crippen LogP contribution in [0.5, 0.6) is 0 Å². The number of esters is 6. The van der Waals surface area contributed by atoms with Crippen LogP contribution in [0.2, 0.25) is 0 Å². The number of rotatable bonds is 8. The SMILES string of the molecule is CC(=O)OC[C@H]1O[C@@H](OC(C)=O)[C@@H](Cl)[C@@H]1OC(C)=O.CC(=O)OC[C@H]1O[C@H](OC(C)=O)[C@@H](Cl)[C@@H]1OC(C)=O. The van der Waals surface area contributed by atoms with Crippen molar-refractivity contribution in [2.75, 3.05) is 13.2 Å². The average Bonchev–Trinajstić information content (AvgIpc) is 3.21. The molecule has 0 radical (unpaired) electrons. The first-order valence-corrected chi connectivity index (χ1v) is 12.0. The Balaban J connectivity index is 0.000000380. The van der Waals surface area contributed by atoms with Gasteiger partial charge in [-0.25, -0.2) is 0 Å². The van der Waals surface area contributed by atoms with Crippen LogP contribution in [0.25, 0.3) is 0 Å². The van der Waals surface area contributed by atoms with Crippen LogP contribution in [-0.4, -0.2) is 96.8 Å². The van der Waals surface area contributed by atoms with E-state index in [0.717, 1.165) is 0 Å². The van der Waals surface area contributed by atoms with Gasteiger partial charge < -0.3 is 37.9 Å². The summed E-state index contributed by atoms with van der Waals surface area (Å²) in [6, 6.07) is 0. The lowest BCUT2D eigenvalue weighted by atomic mass is 10.2. The van der Waals surface area contributed by atoms with Crippen molar-refractivity contribution >= 4 is 59.0 Å². The molecule has 2 heterocycles. The predicted octanol–water partition coefficient (Wildman–Crippen LogP) is 0.753. The molecule has 0 amide bonds. The molecule has 0 aromatic heterocycles. The summed E-state index contributed by atoms with van der Waals surface area (Å²) < 4.78 is 39.9. The summed E-state index contributed by atoms with van der Waals surface area (Å²) in [6.07, 6.45) is -5.38. The first-order valence-electron chi connectivity index (χ1n) is 11.2. The molecule has 0 aromatic carbocycles. The minimum atomic E-state index is -1.05. The second kappa shape index (κ2) is 15.7. The zero-order valence-electron chi connectivity index (χ0n) is 21.5. The van der Waals surface area contributed by atoms with Gasteiger partial charge in [0.25, 0.3) is 0 Å². The van der Waals surface area contributed by atoms with E-state index >= 15 is 0 Å². The fourth-order valence-electron chi connectivity index (χ4n) is 3.21. The van der Waals surface area contributed by atoms with Gasteiger partial charge >= 0.3 is 35.8 Å². The van der Waals surface area contributed by atoms with Gasteiger partial charge in [0.2, 0.25) is 12.6 Å². The lowest BCUT2D eigenvalue weighted by molar-refractivity contribution is -0.179. The topological polar surface area (TPSA) is 176 Å². The standard InChI is InChI=1S/2C11H15ClO7/c2*1-5(13)16-4-8-10(17-6(2)14)9(12)11(19-8)18-7(3)15/h2*8-11H,4H2,1-3H3/t8-,9+,10-,11+;8-,9+,10-,11-/m11/s1. The molecular weight excluding hydrogens is 559 g/mol. The highest BCUT2D eigenvalue weighted by Gasteiger charge is 2.49. The minimum Gasteiger partial charge on any atom is -0.463 e. The van der Waals surface area contributed by atoms with E-state index in [2.05, 4.69) is 0 Å². The molecule has 216 valence electrons. The molecule has 0 bridgehead atoms. The van der Waals surface area contributed by atoms with E-state index in [9.17, 15) is 28.8 Å². The van der Waals surface area contributed by atoms with E-state index < -0.39 is 83.6 Å². The molecular formula is C22H30Cl2O14. The zero-order valence-corrected chi connectivity index (χ0v) is 23.0. The van der Waals surface area contributed by atoms with Gasteiger partial charge in [-0.1, -0.05) is 0 Å². The maximum Gasteiger partial charge on any atom is 0.304 e. The fraction of sp³-hybridized carbons (Fsp3) is 0.727. The molecule has 0 spiro atoms. The summed E-state index contributed by atoms with van der Waals surface area (Å²) in [5.74, 6) is -3.29. The predicted molar refractivity (Wildman–Crippen MR) is 125 cm³/mol. The summed E-state index contributed by atoms with van der Waals surface area (Å²) in [5.41, 5.74) is 0. The van der Waals surface area contributed by atoms with E-state index in [-0.39, 0.29) is 13.2 Å². The second-order valence-electron chi connectivity index (χ2n) is 7.95. The molecule has 16 heteroatoms. The monoisotopic (exact) mass is 588 g/mol. The van der Waals surface area contributed by atoms with Crippen LogP contribution in [0.3, 0.4) is 0 Å². The Bertz CT molecular complexity index is 810. The van der Waals surface area contributed by atoms with Gasteiger partial charge in [0.1, 0.15) is 36.2 Å². The van der Waals surface area contributed by atoms with Crippen molar-refractivity contribution in [3.05, 3.63) is 0 Å². The molecule has 0 saturated carbocycles. The van der Waals surface area contributed by atoms with Gasteiger partial charge in [-0.15, -0.1) is 23.2 Å². The van der Waals surface area contributed by atoms with Crippen molar-refractivity contribution in [1.29, 1.82) is 0 Å². The largest absolute Gasteiger partial charge is 0.463 e. The third-order valence-corrected chi connectivity index (χ3v) is 5.48. The maximum atomic E-state index is 11.0. The van der Waals surface area contributed by atoms with Crippen LogP contribution in [0.15, 0.2) is 0 Å². The Morgan fingerprint density at radius 2 is 0.816 bits per heavy atom. The van der Waals surface area contributed by atoms with Crippen LogP contribution in [0, 0.1) is 0 Å². The molecule has 8 atom stereocenters. The molecule has 0 unspecified atom stereocenters. The maximum absolute atomic E-state index is 11.0. The van der Waals surface area contributed by atoms with E-state index in [1.165, 1.54) is 41.5 Å². The molecule has 2 rings (SSSR count). The molecule has 2 fully saturated rings. The van der Waals surface area contributed by atoms with Crippen LogP contribution >= 0.6 is 23.2 Å². The Hall–Kier alpha value is -2.68. The minimum absolute atomic E-state index is 0.145. The Morgan fingerprint density at radius 3 is 1.05 bits per heavy atom. The molecule has 0 N–H and O–H groups in total. The van der Waals surface area contributed by atoms with Crippen LogP contribution in [-0.2, 0) is 66.7 Å². The number of ether oxygens (including phenoxy) is 8. The third kappa shape index (κ3) is 11.4. The van der Waals surface area contributed by atoms with Crippen LogP contribution < -0.4 is 0 Å². The Morgan fingerprint density at radius 1 is 0.526 bits per heavy atom. The highest BCUT2D eigenvalue weighted by molar-refractivity contribution is 6.22. The van der Waals surface area contributed by atoms with Gasteiger partial charge in [0.15, 0.2) is 12.2 Å². The van der Waals surface area contributed by atoms with Crippen molar-refractivity contribution in [2.45, 2.75) is 89.3 Å². The van der Waals surface area contributed by atoms with E-state index in [0.29, 0.717) is 0 Å². The molecule has 38 heavy (non-hydrogen) atoms. The van der Waals surface area contributed by atoms with Gasteiger partial charge in [-0.3, -0.25) is 28.8 Å². The quantitative estimate of drug-likeness (QED) is 0.220. The highest BCUT2D eigenvalue weighted by atomic mass is 35.5. The zero-order chi connectivity index (χ0) is 29.2. The molecule has 2 aliphatic rings. The number of alkyl halides is 2. The van der Waals surface area contributed by atoms with Gasteiger partial charge in [-0.2, -0.15) is 0 Å². The lowest BCUT2D eigenvalue weighted by Crippen LogP contribution is -2.36. The molecule has 14 nitrogen and oxygen atoms in total. The summed E-state index contributed by atoms with van der Waals surface area (Å²) >= 11 is 12.0. The molecule has 0 aliphatic carbocycles. The van der Waals surface area contributed by atoms with Crippen LogP contribution in [0.4, 0.5) is 0 Å². The number of carbonyl (C=O) groups is 6. The van der Waals surface area contributed by atoms with Crippen molar-refractivity contribution in [2.24, 2.45) is 0 Å². The third-order valence-electron chi connectivity index (χ3n) is 4.57. The smallest absolute Gasteiger partial charge is 0.304 e. The summed E-state index contributed by atoms with van der Waals surface area (Å²) in [6.45, 7) is 7.01. The molecule has 2 aliphatic heterocycles. The average molecular weight is 589 g/mol. The summed E-state index contributed by atoms with van der Waals surface area (Å²) in [7, 11) is 0. The van der Waals surface area contributed by atoms with E-state index in [1.807, 2.05) is 0 Å². The van der Waals surface area contributed by atoms with Crippen molar-refractivity contribution in [1.82, 2.24) is 0 Å². The van der Waals surface area contributed by atoms with E-state index in [1.54, 1.807) is 0 Å². The second-order valence-corrected chi connectivity index (χ2v) is 8.95. The summed E-state index contributed by atoms with van der Waals surface area (Å²) in [5, 5.41) is -1.73. The highest BCUT2D eigenvalue weighted by Crippen LogP contribution is 2.31. The summed E-state index contributed by atoms with van der Waals surface area (Å²) in [4.78, 5) is 65.3. The van der Waals surface area contributed by atoms with Crippen molar-refractivity contribution < 1.29 is 66.7 Å². The first-order chi connectivity index (χ1) is 17.6.